The Morgan fingerprint density at radius 2 is 1.59 bits per heavy atom. The van der Waals surface area contributed by atoms with E-state index in [-0.39, 0.29) is 0 Å². The van der Waals surface area contributed by atoms with Crippen molar-refractivity contribution in [1.82, 2.24) is 14.9 Å². The van der Waals surface area contributed by atoms with Gasteiger partial charge in [-0.25, -0.2) is 9.97 Å². The van der Waals surface area contributed by atoms with Crippen LogP contribution in [0.25, 0.3) is 0 Å². The highest BCUT2D eigenvalue weighted by atomic mass is 15.1. The molecule has 0 unspecified atom stereocenters. The summed E-state index contributed by atoms with van der Waals surface area (Å²) in [5.41, 5.74) is 9.26. The fourth-order valence-corrected chi connectivity index (χ4v) is 2.01. The quantitative estimate of drug-likeness (QED) is 0.805. The van der Waals surface area contributed by atoms with Crippen molar-refractivity contribution in [2.45, 2.75) is 39.7 Å². The molecule has 0 saturated carbocycles. The minimum atomic E-state index is 0.663. The summed E-state index contributed by atoms with van der Waals surface area (Å²) in [4.78, 5) is 11.4. The lowest BCUT2D eigenvalue weighted by molar-refractivity contribution is 0.388. The Balaban J connectivity index is 3.13. The van der Waals surface area contributed by atoms with Crippen LogP contribution in [0.5, 0.6) is 0 Å². The zero-order chi connectivity index (χ0) is 12.8. The SMILES string of the molecule is CCc1nc(CN(C)C)nc(CC)c1CCN. The summed E-state index contributed by atoms with van der Waals surface area (Å²) >= 11 is 0. The zero-order valence-corrected chi connectivity index (χ0v) is 11.5. The van der Waals surface area contributed by atoms with Crippen LogP contribution in [-0.2, 0) is 25.8 Å². The van der Waals surface area contributed by atoms with Gasteiger partial charge in [-0.1, -0.05) is 13.8 Å². The maximum atomic E-state index is 5.66. The topological polar surface area (TPSA) is 55.0 Å². The molecule has 1 rings (SSSR count). The first-order valence-corrected chi connectivity index (χ1v) is 6.34. The Morgan fingerprint density at radius 3 is 1.94 bits per heavy atom. The molecular formula is C13H24N4. The molecule has 4 nitrogen and oxygen atoms in total. The number of nitrogens with two attached hydrogens (primary N) is 1. The number of hydrogen-bond donors (Lipinski definition) is 1. The van der Waals surface area contributed by atoms with Gasteiger partial charge in [0, 0.05) is 11.4 Å². The second-order valence-corrected chi connectivity index (χ2v) is 4.50. The third-order valence-corrected chi connectivity index (χ3v) is 2.75. The fourth-order valence-electron chi connectivity index (χ4n) is 2.01. The molecule has 0 aromatic carbocycles. The lowest BCUT2D eigenvalue weighted by Crippen LogP contribution is -2.18. The number of hydrogen-bond acceptors (Lipinski definition) is 4. The van der Waals surface area contributed by atoms with Crippen LogP contribution in [0.15, 0.2) is 0 Å². The summed E-state index contributed by atoms with van der Waals surface area (Å²) in [6.45, 7) is 5.74. The zero-order valence-electron chi connectivity index (χ0n) is 11.5. The standard InChI is InChI=1S/C13H24N4/c1-5-11-10(7-8-14)12(6-2)16-13(15-11)9-17(3)4/h5-9,14H2,1-4H3. The van der Waals surface area contributed by atoms with Crippen molar-refractivity contribution in [2.75, 3.05) is 20.6 Å². The van der Waals surface area contributed by atoms with E-state index in [0.717, 1.165) is 31.6 Å². The number of aryl methyl sites for hydroxylation is 2. The predicted molar refractivity (Wildman–Crippen MR) is 70.9 cm³/mol. The molecule has 0 aliphatic carbocycles. The highest BCUT2D eigenvalue weighted by Gasteiger charge is 2.11. The van der Waals surface area contributed by atoms with Crippen LogP contribution >= 0.6 is 0 Å². The van der Waals surface area contributed by atoms with Gasteiger partial charge in [0.25, 0.3) is 0 Å². The summed E-state index contributed by atoms with van der Waals surface area (Å²) in [5, 5.41) is 0. The van der Waals surface area contributed by atoms with Gasteiger partial charge < -0.3 is 10.6 Å². The van der Waals surface area contributed by atoms with Gasteiger partial charge in [0.05, 0.1) is 6.54 Å². The minimum absolute atomic E-state index is 0.663. The summed E-state index contributed by atoms with van der Waals surface area (Å²) in [6.07, 6.45) is 2.78. The molecule has 0 aliphatic heterocycles. The average Bonchev–Trinajstić information content (AvgIpc) is 2.30. The van der Waals surface area contributed by atoms with Crippen molar-refractivity contribution < 1.29 is 0 Å². The average molecular weight is 236 g/mol. The van der Waals surface area contributed by atoms with Crippen LogP contribution in [0.3, 0.4) is 0 Å². The molecule has 2 N–H and O–H groups in total. The van der Waals surface area contributed by atoms with Crippen LogP contribution in [0.4, 0.5) is 0 Å². The van der Waals surface area contributed by atoms with E-state index in [1.165, 1.54) is 17.0 Å². The minimum Gasteiger partial charge on any atom is -0.330 e. The second kappa shape index (κ2) is 6.67. The van der Waals surface area contributed by atoms with E-state index < -0.39 is 0 Å². The van der Waals surface area contributed by atoms with Crippen molar-refractivity contribution >= 4 is 0 Å². The van der Waals surface area contributed by atoms with Crippen LogP contribution in [0.1, 0.15) is 36.6 Å². The first-order valence-electron chi connectivity index (χ1n) is 6.34. The molecule has 4 heteroatoms. The molecule has 1 aromatic rings. The first-order chi connectivity index (χ1) is 8.12. The fraction of sp³-hybridized carbons (Fsp3) is 0.692. The maximum Gasteiger partial charge on any atom is 0.142 e. The lowest BCUT2D eigenvalue weighted by Gasteiger charge is -2.15. The maximum absolute atomic E-state index is 5.66. The Morgan fingerprint density at radius 1 is 1.06 bits per heavy atom. The molecular weight excluding hydrogens is 212 g/mol. The number of aromatic nitrogens is 2. The molecule has 0 saturated heterocycles. The van der Waals surface area contributed by atoms with Crippen molar-refractivity contribution in [3.05, 3.63) is 22.8 Å². The number of nitrogens with zero attached hydrogens (tertiary/aromatic N) is 3. The summed E-state index contributed by atoms with van der Waals surface area (Å²) in [5.74, 6) is 0.921. The molecule has 0 amide bonds. The highest BCUT2D eigenvalue weighted by Crippen LogP contribution is 2.14. The van der Waals surface area contributed by atoms with E-state index in [2.05, 4.69) is 28.7 Å². The largest absolute Gasteiger partial charge is 0.330 e. The molecule has 0 aliphatic rings. The Hall–Kier alpha value is -1.00. The molecule has 0 bridgehead atoms. The van der Waals surface area contributed by atoms with E-state index in [4.69, 9.17) is 5.73 Å². The van der Waals surface area contributed by atoms with Crippen LogP contribution in [0.2, 0.25) is 0 Å². The molecule has 17 heavy (non-hydrogen) atoms. The van der Waals surface area contributed by atoms with Gasteiger partial charge in [-0.15, -0.1) is 0 Å². The first kappa shape index (κ1) is 14.1. The molecule has 0 spiro atoms. The number of rotatable bonds is 6. The van der Waals surface area contributed by atoms with Gasteiger partial charge in [0.15, 0.2) is 0 Å². The van der Waals surface area contributed by atoms with Gasteiger partial charge >= 0.3 is 0 Å². The van der Waals surface area contributed by atoms with Crippen molar-refractivity contribution in [3.8, 4) is 0 Å². The third kappa shape index (κ3) is 3.75. The van der Waals surface area contributed by atoms with Crippen molar-refractivity contribution in [1.29, 1.82) is 0 Å². The van der Waals surface area contributed by atoms with Crippen LogP contribution in [-0.4, -0.2) is 35.5 Å². The van der Waals surface area contributed by atoms with Gasteiger partial charge in [-0.05, 0) is 45.5 Å². The molecule has 0 radical (unpaired) electrons. The van der Waals surface area contributed by atoms with Crippen molar-refractivity contribution in [2.24, 2.45) is 5.73 Å². The van der Waals surface area contributed by atoms with E-state index >= 15 is 0 Å². The molecule has 1 aromatic heterocycles. The monoisotopic (exact) mass is 236 g/mol. The summed E-state index contributed by atoms with van der Waals surface area (Å²) in [6, 6.07) is 0. The third-order valence-electron chi connectivity index (χ3n) is 2.75. The van der Waals surface area contributed by atoms with Gasteiger partial charge in [0.2, 0.25) is 0 Å². The van der Waals surface area contributed by atoms with E-state index in [1.807, 2.05) is 14.1 Å². The van der Waals surface area contributed by atoms with E-state index in [9.17, 15) is 0 Å². The van der Waals surface area contributed by atoms with E-state index in [1.54, 1.807) is 0 Å². The Bertz CT molecular complexity index is 335. The normalized spacial score (nSPS) is 11.2. The second-order valence-electron chi connectivity index (χ2n) is 4.50. The molecule has 96 valence electrons. The molecule has 0 atom stereocenters. The van der Waals surface area contributed by atoms with Crippen LogP contribution in [0, 0.1) is 0 Å². The summed E-state index contributed by atoms with van der Waals surface area (Å²) in [7, 11) is 4.07. The van der Waals surface area contributed by atoms with Crippen LogP contribution < -0.4 is 5.73 Å². The predicted octanol–water partition coefficient (Wildman–Crippen LogP) is 1.16. The van der Waals surface area contributed by atoms with Gasteiger partial charge in [-0.2, -0.15) is 0 Å². The van der Waals surface area contributed by atoms with Gasteiger partial charge in [0.1, 0.15) is 5.82 Å². The Labute approximate surface area is 104 Å². The molecule has 0 fully saturated rings. The smallest absolute Gasteiger partial charge is 0.142 e. The summed E-state index contributed by atoms with van der Waals surface area (Å²) < 4.78 is 0. The Kier molecular flexibility index (Phi) is 5.51. The van der Waals surface area contributed by atoms with Crippen molar-refractivity contribution in [3.63, 3.8) is 0 Å². The lowest BCUT2D eigenvalue weighted by atomic mass is 10.0. The van der Waals surface area contributed by atoms with E-state index in [0.29, 0.717) is 6.54 Å². The van der Waals surface area contributed by atoms with Gasteiger partial charge in [-0.3, -0.25) is 0 Å². The molecule has 1 heterocycles. The highest BCUT2D eigenvalue weighted by molar-refractivity contribution is 5.27.